The minimum Gasteiger partial charge on any atom is -0.232 e. The van der Waals surface area contributed by atoms with Gasteiger partial charge in [0.2, 0.25) is 0 Å². The average Bonchev–Trinajstić information content (AvgIpc) is 2.15. The Hall–Kier alpha value is -0.760. The second-order valence-electron chi connectivity index (χ2n) is 2.67. The number of benzene rings is 1. The third-order valence-electron chi connectivity index (χ3n) is 1.84. The molecule has 0 saturated heterocycles. The van der Waals surface area contributed by atoms with E-state index < -0.39 is 0 Å². The Balaban J connectivity index is 2.64. The fourth-order valence-electron chi connectivity index (χ4n) is 1.06. The highest BCUT2D eigenvalue weighted by atomic mass is 32.1. The maximum Gasteiger partial charge on any atom is 0.0167 e. The van der Waals surface area contributed by atoms with Crippen LogP contribution in [0, 0.1) is 0 Å². The van der Waals surface area contributed by atoms with Crippen molar-refractivity contribution in [2.75, 3.05) is 0 Å². The molecule has 64 valence electrons. The van der Waals surface area contributed by atoms with E-state index in [9.17, 15) is 0 Å². The van der Waals surface area contributed by atoms with Crippen LogP contribution in [0.1, 0.15) is 18.1 Å². The summed E-state index contributed by atoms with van der Waals surface area (Å²) in [6.45, 7) is 2.16. The van der Waals surface area contributed by atoms with Crippen LogP contribution in [-0.4, -0.2) is 6.21 Å². The third-order valence-corrected chi connectivity index (χ3v) is 2.00. The zero-order chi connectivity index (χ0) is 8.81. The summed E-state index contributed by atoms with van der Waals surface area (Å²) in [7, 11) is 0. The van der Waals surface area contributed by atoms with Crippen molar-refractivity contribution in [1.82, 2.24) is 0 Å². The Morgan fingerprint density at radius 1 is 1.25 bits per heavy atom. The summed E-state index contributed by atoms with van der Waals surface area (Å²) in [6.07, 6.45) is 3.76. The first-order chi connectivity index (χ1) is 5.86. The standard InChI is InChI=1S/C10H13NS/c1-2-9-3-5-10(6-4-9)7-8-11-12/h3-6,8,12H,2,7H2,1H3/b11-8-. The summed E-state index contributed by atoms with van der Waals surface area (Å²) >= 11 is 3.76. The van der Waals surface area contributed by atoms with Crippen LogP contribution >= 0.6 is 12.8 Å². The number of nitrogens with zero attached hydrogens (tertiary/aromatic N) is 1. The van der Waals surface area contributed by atoms with Gasteiger partial charge in [0.05, 0.1) is 0 Å². The van der Waals surface area contributed by atoms with Gasteiger partial charge in [0.15, 0.2) is 0 Å². The maximum atomic E-state index is 3.76. The minimum absolute atomic E-state index is 0.869. The molecule has 0 aliphatic carbocycles. The van der Waals surface area contributed by atoms with Crippen LogP contribution < -0.4 is 0 Å². The molecule has 1 rings (SSSR count). The normalized spacial score (nSPS) is 10.8. The number of thiol groups is 1. The summed E-state index contributed by atoms with van der Waals surface area (Å²) in [5.74, 6) is 0. The van der Waals surface area contributed by atoms with Crippen LogP contribution in [0.25, 0.3) is 0 Å². The molecule has 0 saturated carbocycles. The Labute approximate surface area is 79.1 Å². The summed E-state index contributed by atoms with van der Waals surface area (Å²) in [5, 5.41) is 0. The van der Waals surface area contributed by atoms with Gasteiger partial charge in [-0.15, -0.1) is 0 Å². The molecule has 1 aromatic carbocycles. The number of rotatable bonds is 3. The molecule has 0 N–H and O–H groups in total. The van der Waals surface area contributed by atoms with Crippen LogP contribution in [0.4, 0.5) is 0 Å². The molecule has 0 unspecified atom stereocenters. The number of aryl methyl sites for hydroxylation is 1. The van der Waals surface area contributed by atoms with Crippen molar-refractivity contribution in [1.29, 1.82) is 0 Å². The predicted molar refractivity (Wildman–Crippen MR) is 57.0 cm³/mol. The summed E-state index contributed by atoms with van der Waals surface area (Å²) < 4.78 is 3.64. The van der Waals surface area contributed by atoms with Crippen molar-refractivity contribution in [3.8, 4) is 0 Å². The van der Waals surface area contributed by atoms with E-state index in [1.807, 2.05) is 0 Å². The van der Waals surface area contributed by atoms with Crippen LogP contribution in [0.2, 0.25) is 0 Å². The fraction of sp³-hybridized carbons (Fsp3) is 0.300. The van der Waals surface area contributed by atoms with Crippen LogP contribution in [0.15, 0.2) is 28.7 Å². The van der Waals surface area contributed by atoms with Crippen molar-refractivity contribution >= 4 is 19.0 Å². The molecule has 0 aliphatic heterocycles. The molecule has 0 bridgehead atoms. The van der Waals surface area contributed by atoms with Crippen molar-refractivity contribution < 1.29 is 0 Å². The summed E-state index contributed by atoms with van der Waals surface area (Å²) in [4.78, 5) is 0. The van der Waals surface area contributed by atoms with E-state index in [1.54, 1.807) is 6.21 Å². The lowest BCUT2D eigenvalue weighted by molar-refractivity contribution is 1.13. The molecule has 0 amide bonds. The van der Waals surface area contributed by atoms with Crippen molar-refractivity contribution in [3.05, 3.63) is 35.4 Å². The molecule has 0 spiro atoms. The van der Waals surface area contributed by atoms with Gasteiger partial charge in [0.1, 0.15) is 0 Å². The lowest BCUT2D eigenvalue weighted by atomic mass is 10.1. The van der Waals surface area contributed by atoms with Gasteiger partial charge in [0, 0.05) is 12.6 Å². The molecular formula is C10H13NS. The van der Waals surface area contributed by atoms with Gasteiger partial charge in [-0.3, -0.25) is 0 Å². The molecule has 0 fully saturated rings. The largest absolute Gasteiger partial charge is 0.232 e. The third kappa shape index (κ3) is 2.70. The highest BCUT2D eigenvalue weighted by Crippen LogP contribution is 2.04. The van der Waals surface area contributed by atoms with E-state index >= 15 is 0 Å². The molecule has 0 aromatic heterocycles. The van der Waals surface area contributed by atoms with Gasteiger partial charge >= 0.3 is 0 Å². The van der Waals surface area contributed by atoms with Crippen molar-refractivity contribution in [2.45, 2.75) is 19.8 Å². The van der Waals surface area contributed by atoms with Gasteiger partial charge in [-0.2, -0.15) is 0 Å². The zero-order valence-electron chi connectivity index (χ0n) is 7.20. The van der Waals surface area contributed by atoms with Crippen molar-refractivity contribution in [2.24, 2.45) is 4.40 Å². The first-order valence-electron chi connectivity index (χ1n) is 4.10. The van der Waals surface area contributed by atoms with Crippen LogP contribution in [-0.2, 0) is 12.8 Å². The highest BCUT2D eigenvalue weighted by Gasteiger charge is 1.90. The molecular weight excluding hydrogens is 166 g/mol. The SMILES string of the molecule is CCc1ccc(C/C=N\S)cc1. The molecule has 0 heterocycles. The quantitative estimate of drug-likeness (QED) is 0.541. The van der Waals surface area contributed by atoms with Gasteiger partial charge < -0.3 is 0 Å². The number of hydrogen-bond donors (Lipinski definition) is 1. The van der Waals surface area contributed by atoms with Crippen molar-refractivity contribution in [3.63, 3.8) is 0 Å². The highest BCUT2D eigenvalue weighted by molar-refractivity contribution is 7.78. The summed E-state index contributed by atoms with van der Waals surface area (Å²) in [5.41, 5.74) is 2.66. The zero-order valence-corrected chi connectivity index (χ0v) is 8.09. The lowest BCUT2D eigenvalue weighted by Gasteiger charge is -1.98. The molecule has 0 atom stereocenters. The molecule has 2 heteroatoms. The molecule has 0 aliphatic rings. The fourth-order valence-corrected chi connectivity index (χ4v) is 1.14. The van der Waals surface area contributed by atoms with E-state index in [-0.39, 0.29) is 0 Å². The smallest absolute Gasteiger partial charge is 0.0167 e. The Morgan fingerprint density at radius 2 is 1.83 bits per heavy atom. The first-order valence-corrected chi connectivity index (χ1v) is 4.50. The molecule has 1 aromatic rings. The van der Waals surface area contributed by atoms with Gasteiger partial charge in [-0.1, -0.05) is 31.2 Å². The van der Waals surface area contributed by atoms with E-state index in [0.29, 0.717) is 0 Å². The average molecular weight is 179 g/mol. The number of hydrogen-bond acceptors (Lipinski definition) is 2. The van der Waals surface area contributed by atoms with Crippen LogP contribution in [0.5, 0.6) is 0 Å². The first kappa shape index (κ1) is 9.33. The monoisotopic (exact) mass is 179 g/mol. The van der Waals surface area contributed by atoms with E-state index in [1.165, 1.54) is 11.1 Å². The van der Waals surface area contributed by atoms with Gasteiger partial charge in [-0.05, 0) is 30.4 Å². The molecule has 12 heavy (non-hydrogen) atoms. The molecule has 1 nitrogen and oxygen atoms in total. The predicted octanol–water partition coefficient (Wildman–Crippen LogP) is 2.71. The summed E-state index contributed by atoms with van der Waals surface area (Å²) in [6, 6.07) is 8.58. The Bertz CT molecular complexity index is 251. The maximum absolute atomic E-state index is 3.76. The minimum atomic E-state index is 0.869. The second kappa shape index (κ2) is 4.99. The van der Waals surface area contributed by atoms with E-state index in [4.69, 9.17) is 0 Å². The Kier molecular flexibility index (Phi) is 3.88. The lowest BCUT2D eigenvalue weighted by Crippen LogP contribution is -1.86. The second-order valence-corrected chi connectivity index (χ2v) is 2.90. The van der Waals surface area contributed by atoms with E-state index in [2.05, 4.69) is 48.4 Å². The van der Waals surface area contributed by atoms with Gasteiger partial charge in [0.25, 0.3) is 0 Å². The van der Waals surface area contributed by atoms with Crippen LogP contribution in [0.3, 0.4) is 0 Å². The topological polar surface area (TPSA) is 12.4 Å². The van der Waals surface area contributed by atoms with E-state index in [0.717, 1.165) is 12.8 Å². The van der Waals surface area contributed by atoms with Gasteiger partial charge in [-0.25, -0.2) is 4.40 Å². The Morgan fingerprint density at radius 3 is 2.33 bits per heavy atom. The molecule has 0 radical (unpaired) electrons.